The van der Waals surface area contributed by atoms with Gasteiger partial charge in [0.2, 0.25) is 10.0 Å². The first kappa shape index (κ1) is 33.5. The maximum atomic E-state index is 14.0. The third-order valence-electron chi connectivity index (χ3n) is 7.68. The smallest absolute Gasteiger partial charge is 0.269 e. The van der Waals surface area contributed by atoms with Crippen molar-refractivity contribution in [3.63, 3.8) is 0 Å². The molecule has 3 aromatic carbocycles. The van der Waals surface area contributed by atoms with Gasteiger partial charge in [-0.15, -0.1) is 11.3 Å². The number of sulfonamides is 1. The Morgan fingerprint density at radius 1 is 1.07 bits per heavy atom. The average Bonchev–Trinajstić information content (AvgIpc) is 3.28. The molecule has 1 aliphatic rings. The standard InChI is InChI=1S/C34H34BrClN2O5S2/c1-22-17-28(36)25(18-27(22)35)21-38-32(20-29(39)23-9-11-26(12-10-23)34(2,3)4)44-30(33(38)40)19-24-7-5-6-8-31(24)45(41,42)37-13-15-43-16-14-37/h5-12,17-20H,13-16,21H2,1-4H3/b30-19+,32-20-. The first-order valence-electron chi connectivity index (χ1n) is 14.4. The molecule has 1 aromatic heterocycles. The van der Waals surface area contributed by atoms with E-state index >= 15 is 0 Å². The Morgan fingerprint density at radius 3 is 2.40 bits per heavy atom. The topological polar surface area (TPSA) is 85.7 Å². The van der Waals surface area contributed by atoms with E-state index in [2.05, 4.69) is 36.7 Å². The Morgan fingerprint density at radius 2 is 1.73 bits per heavy atom. The van der Waals surface area contributed by atoms with Gasteiger partial charge in [0, 0.05) is 34.2 Å². The van der Waals surface area contributed by atoms with E-state index in [1.54, 1.807) is 42.5 Å². The highest BCUT2D eigenvalue weighted by molar-refractivity contribution is 9.10. The Labute approximate surface area is 280 Å². The number of ether oxygens (including phenoxy) is 1. The summed E-state index contributed by atoms with van der Waals surface area (Å²) in [5, 5.41) is 0.497. The summed E-state index contributed by atoms with van der Waals surface area (Å²) in [5.41, 5.74) is 3.24. The van der Waals surface area contributed by atoms with E-state index in [9.17, 15) is 18.0 Å². The summed E-state index contributed by atoms with van der Waals surface area (Å²) >= 11 is 11.3. The molecule has 0 aliphatic carbocycles. The van der Waals surface area contributed by atoms with E-state index in [-0.39, 0.29) is 41.3 Å². The second-order valence-electron chi connectivity index (χ2n) is 11.9. The number of carbonyl (C=O) groups excluding carboxylic acids is 1. The number of carbonyl (C=O) groups is 1. The molecule has 0 spiro atoms. The number of ketones is 1. The normalized spacial score (nSPS) is 15.5. The van der Waals surface area contributed by atoms with Crippen LogP contribution >= 0.6 is 38.9 Å². The lowest BCUT2D eigenvalue weighted by molar-refractivity contribution is 0.0730. The number of aromatic nitrogens is 1. The Hall–Kier alpha value is -2.86. The minimum Gasteiger partial charge on any atom is -0.379 e. The third kappa shape index (κ3) is 7.42. The molecule has 0 bridgehead atoms. The summed E-state index contributed by atoms with van der Waals surface area (Å²) in [6, 6.07) is 17.8. The molecule has 7 nitrogen and oxygen atoms in total. The number of rotatable bonds is 7. The van der Waals surface area contributed by atoms with Gasteiger partial charge in [-0.25, -0.2) is 8.42 Å². The number of benzene rings is 3. The van der Waals surface area contributed by atoms with Gasteiger partial charge in [-0.1, -0.05) is 90.8 Å². The zero-order chi connectivity index (χ0) is 32.5. The molecule has 0 saturated carbocycles. The van der Waals surface area contributed by atoms with Crippen LogP contribution < -0.4 is 14.8 Å². The number of hydrogen-bond donors (Lipinski definition) is 0. The number of Topliss-reactive ketones (excluding diaryl/α,β-unsaturated/α-hetero) is 1. The first-order chi connectivity index (χ1) is 21.3. The van der Waals surface area contributed by atoms with Crippen LogP contribution in [0.4, 0.5) is 0 Å². The summed E-state index contributed by atoms with van der Waals surface area (Å²) < 4.78 is 37.0. The molecule has 0 unspecified atom stereocenters. The average molecular weight is 730 g/mol. The summed E-state index contributed by atoms with van der Waals surface area (Å²) in [6.45, 7) is 9.53. The second kappa shape index (κ2) is 13.5. The Kier molecular flexibility index (Phi) is 10.0. The molecule has 0 N–H and O–H groups in total. The lowest BCUT2D eigenvalue weighted by atomic mass is 9.86. The zero-order valence-electron chi connectivity index (χ0n) is 25.5. The lowest BCUT2D eigenvalue weighted by Crippen LogP contribution is -2.40. The van der Waals surface area contributed by atoms with Gasteiger partial charge in [-0.05, 0) is 58.9 Å². The van der Waals surface area contributed by atoms with Crippen LogP contribution in [0.1, 0.15) is 53.4 Å². The van der Waals surface area contributed by atoms with E-state index in [4.69, 9.17) is 16.3 Å². The van der Waals surface area contributed by atoms with Crippen LogP contribution in [0.15, 0.2) is 74.8 Å². The Bertz CT molecular complexity index is 2040. The number of nitrogens with zero attached hydrogens (tertiary/aromatic N) is 2. The van der Waals surface area contributed by atoms with Crippen molar-refractivity contribution in [3.8, 4) is 0 Å². The van der Waals surface area contributed by atoms with Crippen molar-refractivity contribution in [2.45, 2.75) is 44.6 Å². The molecule has 45 heavy (non-hydrogen) atoms. The number of morpholine rings is 1. The Balaban J connectivity index is 1.65. The molecule has 236 valence electrons. The van der Waals surface area contributed by atoms with Gasteiger partial charge in [-0.3, -0.25) is 14.2 Å². The van der Waals surface area contributed by atoms with Gasteiger partial charge in [0.1, 0.15) is 4.66 Å². The van der Waals surface area contributed by atoms with E-state index < -0.39 is 10.0 Å². The van der Waals surface area contributed by atoms with Crippen molar-refractivity contribution < 1.29 is 17.9 Å². The van der Waals surface area contributed by atoms with Crippen molar-refractivity contribution in [2.75, 3.05) is 26.3 Å². The monoisotopic (exact) mass is 728 g/mol. The van der Waals surface area contributed by atoms with Crippen LogP contribution in [0.3, 0.4) is 0 Å². The van der Waals surface area contributed by atoms with E-state index in [0.29, 0.717) is 44.1 Å². The fraction of sp³-hybridized carbons (Fsp3) is 0.294. The minimum absolute atomic E-state index is 0.0581. The third-order valence-corrected chi connectivity index (χ3v) is 11.9. The number of aryl methyl sites for hydroxylation is 1. The van der Waals surface area contributed by atoms with Gasteiger partial charge < -0.3 is 4.74 Å². The predicted octanol–water partition coefficient (Wildman–Crippen LogP) is 5.49. The molecule has 0 atom stereocenters. The first-order valence-corrected chi connectivity index (χ1v) is 17.9. The van der Waals surface area contributed by atoms with Crippen molar-refractivity contribution in [1.82, 2.24) is 8.87 Å². The highest BCUT2D eigenvalue weighted by Gasteiger charge is 2.28. The van der Waals surface area contributed by atoms with E-state index in [1.165, 1.54) is 14.9 Å². The molecular weight excluding hydrogens is 696 g/mol. The van der Waals surface area contributed by atoms with Crippen LogP contribution in [0, 0.1) is 6.92 Å². The van der Waals surface area contributed by atoms with E-state index in [1.807, 2.05) is 31.2 Å². The van der Waals surface area contributed by atoms with Gasteiger partial charge >= 0.3 is 0 Å². The van der Waals surface area contributed by atoms with Gasteiger partial charge in [0.25, 0.3) is 5.56 Å². The van der Waals surface area contributed by atoms with Crippen LogP contribution in [-0.4, -0.2) is 49.4 Å². The van der Waals surface area contributed by atoms with Crippen LogP contribution in [0.5, 0.6) is 0 Å². The van der Waals surface area contributed by atoms with Crippen molar-refractivity contribution in [1.29, 1.82) is 0 Å². The fourth-order valence-electron chi connectivity index (χ4n) is 5.00. The van der Waals surface area contributed by atoms with Crippen molar-refractivity contribution in [2.24, 2.45) is 0 Å². The molecule has 1 saturated heterocycles. The molecule has 1 aliphatic heterocycles. The quantitative estimate of drug-likeness (QED) is 0.235. The van der Waals surface area contributed by atoms with Crippen LogP contribution in [0.2, 0.25) is 5.02 Å². The molecule has 2 heterocycles. The van der Waals surface area contributed by atoms with E-state index in [0.717, 1.165) is 26.9 Å². The van der Waals surface area contributed by atoms with Gasteiger partial charge in [0.05, 0.1) is 29.2 Å². The highest BCUT2D eigenvalue weighted by Crippen LogP contribution is 2.26. The summed E-state index contributed by atoms with van der Waals surface area (Å²) in [5.74, 6) is -0.247. The van der Waals surface area contributed by atoms with Crippen LogP contribution in [-0.2, 0) is 26.7 Å². The summed E-state index contributed by atoms with van der Waals surface area (Å²) in [4.78, 5) is 27.6. The summed E-state index contributed by atoms with van der Waals surface area (Å²) in [7, 11) is -3.83. The van der Waals surface area contributed by atoms with Crippen molar-refractivity contribution >= 4 is 66.8 Å². The number of halogens is 2. The van der Waals surface area contributed by atoms with Crippen LogP contribution in [0.25, 0.3) is 12.2 Å². The number of thiazole rings is 1. The molecule has 0 amide bonds. The molecule has 0 radical (unpaired) electrons. The number of hydrogen-bond acceptors (Lipinski definition) is 6. The fourth-order valence-corrected chi connectivity index (χ4v) is 8.29. The molecule has 5 rings (SSSR count). The van der Waals surface area contributed by atoms with Gasteiger partial charge in [0.15, 0.2) is 5.78 Å². The highest BCUT2D eigenvalue weighted by atomic mass is 79.9. The van der Waals surface area contributed by atoms with Gasteiger partial charge in [-0.2, -0.15) is 4.31 Å². The SMILES string of the molecule is Cc1cc(Cl)c(Cn2c(=O)/c(=C\c3ccccc3S(=O)(=O)N3CCOCC3)s/c2=C\C(=O)c2ccc(C(C)(C)C)cc2)cc1Br. The summed E-state index contributed by atoms with van der Waals surface area (Å²) in [6.07, 6.45) is 3.05. The second-order valence-corrected chi connectivity index (χ2v) is 16.2. The molecular formula is C34H34BrClN2O5S2. The molecule has 4 aromatic rings. The zero-order valence-corrected chi connectivity index (χ0v) is 29.4. The molecule has 11 heteroatoms. The molecule has 1 fully saturated rings. The largest absolute Gasteiger partial charge is 0.379 e. The predicted molar refractivity (Wildman–Crippen MR) is 184 cm³/mol. The lowest BCUT2D eigenvalue weighted by Gasteiger charge is -2.26. The maximum Gasteiger partial charge on any atom is 0.269 e. The minimum atomic E-state index is -3.83. The maximum absolute atomic E-state index is 14.0. The van der Waals surface area contributed by atoms with Crippen molar-refractivity contribution in [3.05, 3.63) is 118 Å².